The van der Waals surface area contributed by atoms with Crippen LogP contribution in [-0.4, -0.2) is 12.1 Å². The number of hydrazone groups is 1. The summed E-state index contributed by atoms with van der Waals surface area (Å²) in [6.07, 6.45) is 5.67. The number of allylic oxidation sites excluding steroid dienone is 1. The van der Waals surface area contributed by atoms with E-state index in [2.05, 4.69) is 34.0 Å². The highest BCUT2D eigenvalue weighted by Gasteiger charge is 2.12. The summed E-state index contributed by atoms with van der Waals surface area (Å²) in [5, 5.41) is 7.02. The molecule has 1 aliphatic heterocycles. The van der Waals surface area contributed by atoms with Crippen molar-refractivity contribution in [2.75, 3.05) is 10.7 Å². The third-order valence-corrected chi connectivity index (χ3v) is 3.96. The number of fused-ring (bicyclic) bond motifs is 1. The Morgan fingerprint density at radius 3 is 2.78 bits per heavy atom. The topological polar surface area (TPSA) is 53.5 Å². The maximum Gasteiger partial charge on any atom is 0.221 e. The van der Waals surface area contributed by atoms with Crippen LogP contribution >= 0.6 is 0 Å². The number of amides is 1. The molecular weight excluding hydrogens is 286 g/mol. The molecule has 0 spiro atoms. The van der Waals surface area contributed by atoms with Crippen LogP contribution in [0.5, 0.6) is 0 Å². The van der Waals surface area contributed by atoms with E-state index in [1.54, 1.807) is 6.21 Å². The quantitative estimate of drug-likeness (QED) is 0.866. The van der Waals surface area contributed by atoms with Crippen molar-refractivity contribution < 1.29 is 4.79 Å². The predicted molar refractivity (Wildman–Crippen MR) is 96.8 cm³/mol. The van der Waals surface area contributed by atoms with Crippen LogP contribution in [0.1, 0.15) is 23.6 Å². The summed E-state index contributed by atoms with van der Waals surface area (Å²) in [5.74, 6) is -0.0560. The first-order valence-corrected chi connectivity index (χ1v) is 7.54. The van der Waals surface area contributed by atoms with Crippen molar-refractivity contribution in [2.24, 2.45) is 5.10 Å². The number of nitrogens with one attached hydrogen (secondary N) is 2. The number of anilines is 2. The van der Waals surface area contributed by atoms with Gasteiger partial charge in [-0.2, -0.15) is 5.10 Å². The van der Waals surface area contributed by atoms with E-state index in [9.17, 15) is 4.79 Å². The van der Waals surface area contributed by atoms with Gasteiger partial charge in [-0.15, -0.1) is 0 Å². The summed E-state index contributed by atoms with van der Waals surface area (Å²) in [5.41, 5.74) is 10.3. The molecular formula is C19H19N3O. The molecule has 116 valence electrons. The van der Waals surface area contributed by atoms with E-state index >= 15 is 0 Å². The van der Waals surface area contributed by atoms with Gasteiger partial charge in [0.15, 0.2) is 0 Å². The first kappa shape index (κ1) is 15.0. The van der Waals surface area contributed by atoms with Crippen LogP contribution in [0.15, 0.2) is 41.5 Å². The molecule has 23 heavy (non-hydrogen) atoms. The van der Waals surface area contributed by atoms with Crippen molar-refractivity contribution in [3.8, 4) is 11.1 Å². The van der Waals surface area contributed by atoms with Gasteiger partial charge in [-0.3, -0.25) is 10.2 Å². The Hall–Kier alpha value is -2.88. The monoisotopic (exact) mass is 305 g/mol. The Kier molecular flexibility index (Phi) is 3.98. The third-order valence-electron chi connectivity index (χ3n) is 3.96. The third kappa shape index (κ3) is 3.01. The first-order chi connectivity index (χ1) is 11.1. The summed E-state index contributed by atoms with van der Waals surface area (Å²) in [7, 11) is 0. The molecule has 0 radical (unpaired) electrons. The number of aryl methyl sites for hydroxylation is 1. The van der Waals surface area contributed by atoms with Crippen molar-refractivity contribution >= 4 is 29.6 Å². The lowest BCUT2D eigenvalue weighted by molar-refractivity contribution is -0.114. The fourth-order valence-corrected chi connectivity index (χ4v) is 2.79. The lowest BCUT2D eigenvalue weighted by Gasteiger charge is -2.16. The molecule has 0 saturated heterocycles. The van der Waals surface area contributed by atoms with Crippen molar-refractivity contribution in [3.63, 3.8) is 0 Å². The van der Waals surface area contributed by atoms with Crippen LogP contribution < -0.4 is 10.7 Å². The van der Waals surface area contributed by atoms with Crippen molar-refractivity contribution in [3.05, 3.63) is 53.1 Å². The normalized spacial score (nSPS) is 12.3. The van der Waals surface area contributed by atoms with E-state index in [1.165, 1.54) is 6.92 Å². The van der Waals surface area contributed by atoms with E-state index < -0.39 is 0 Å². The fraction of sp³-hybridized carbons (Fsp3) is 0.158. The molecule has 0 aliphatic carbocycles. The van der Waals surface area contributed by atoms with E-state index in [0.717, 1.165) is 39.2 Å². The Bertz CT molecular complexity index is 835. The highest BCUT2D eigenvalue weighted by Crippen LogP contribution is 2.33. The minimum absolute atomic E-state index is 0.0560. The second kappa shape index (κ2) is 6.08. The average molecular weight is 305 g/mol. The number of nitrogens with zero attached hydrogens (tertiary/aromatic N) is 1. The molecule has 1 heterocycles. The Morgan fingerprint density at radius 2 is 2.00 bits per heavy atom. The summed E-state index contributed by atoms with van der Waals surface area (Å²) in [6, 6.07) is 10.4. The average Bonchev–Trinajstić information content (AvgIpc) is 2.76. The summed E-state index contributed by atoms with van der Waals surface area (Å²) in [4.78, 5) is 11.5. The zero-order valence-corrected chi connectivity index (χ0v) is 13.5. The van der Waals surface area contributed by atoms with Crippen LogP contribution in [0.3, 0.4) is 0 Å². The molecule has 0 saturated carbocycles. The largest absolute Gasteiger partial charge is 0.326 e. The van der Waals surface area contributed by atoms with Crippen molar-refractivity contribution in [1.82, 2.24) is 0 Å². The van der Waals surface area contributed by atoms with E-state index in [-0.39, 0.29) is 5.91 Å². The summed E-state index contributed by atoms with van der Waals surface area (Å²) < 4.78 is 0. The first-order valence-electron chi connectivity index (χ1n) is 7.54. The Morgan fingerprint density at radius 1 is 1.17 bits per heavy atom. The van der Waals surface area contributed by atoms with Gasteiger partial charge in [0.1, 0.15) is 0 Å². The number of hydrogen-bond acceptors (Lipinski definition) is 3. The number of rotatable bonds is 2. The van der Waals surface area contributed by atoms with E-state index in [0.29, 0.717) is 0 Å². The molecule has 4 heteroatoms. The van der Waals surface area contributed by atoms with Gasteiger partial charge in [0.05, 0.1) is 5.69 Å². The van der Waals surface area contributed by atoms with Crippen molar-refractivity contribution in [2.45, 2.75) is 20.8 Å². The zero-order chi connectivity index (χ0) is 16.4. The van der Waals surface area contributed by atoms with Gasteiger partial charge in [-0.05, 0) is 54.3 Å². The Labute approximate surface area is 135 Å². The van der Waals surface area contributed by atoms with Gasteiger partial charge < -0.3 is 5.32 Å². The minimum atomic E-state index is -0.0560. The maximum absolute atomic E-state index is 11.5. The predicted octanol–water partition coefficient (Wildman–Crippen LogP) is 4.35. The molecule has 4 nitrogen and oxygen atoms in total. The molecule has 0 unspecified atom stereocenters. The van der Waals surface area contributed by atoms with Gasteiger partial charge >= 0.3 is 0 Å². The van der Waals surface area contributed by atoms with Crippen molar-refractivity contribution in [1.29, 1.82) is 0 Å². The number of carbonyl (C=O) groups excluding carboxylic acids is 1. The maximum atomic E-state index is 11.5. The standard InChI is InChI=1S/C19H19N3O/c1-12-6-8-17(13(2)19(12)21-14(3)23)15-7-9-18-16(11-15)5-4-10-20-22-18/h4-11,22H,1-3H3,(H,21,23). The number of carbonyl (C=O) groups is 1. The van der Waals surface area contributed by atoms with Crippen LogP contribution in [0.25, 0.3) is 17.2 Å². The van der Waals surface area contributed by atoms with Crippen LogP contribution in [-0.2, 0) is 4.79 Å². The molecule has 0 aromatic heterocycles. The Balaban J connectivity index is 2.09. The minimum Gasteiger partial charge on any atom is -0.326 e. The molecule has 1 aliphatic rings. The zero-order valence-electron chi connectivity index (χ0n) is 13.5. The molecule has 0 atom stereocenters. The lowest BCUT2D eigenvalue weighted by Crippen LogP contribution is -2.09. The van der Waals surface area contributed by atoms with Gasteiger partial charge in [0.25, 0.3) is 0 Å². The van der Waals surface area contributed by atoms with Gasteiger partial charge in [-0.25, -0.2) is 0 Å². The molecule has 1 amide bonds. The molecule has 0 fully saturated rings. The van der Waals surface area contributed by atoms with Crippen LogP contribution in [0.4, 0.5) is 11.4 Å². The molecule has 0 bridgehead atoms. The smallest absolute Gasteiger partial charge is 0.221 e. The SMILES string of the molecule is CC(=O)Nc1c(C)ccc(-c2ccc3c(c2)C=CC=NN3)c1C. The molecule has 3 rings (SSSR count). The molecule has 2 N–H and O–H groups in total. The fourth-order valence-electron chi connectivity index (χ4n) is 2.79. The van der Waals surface area contributed by atoms with Gasteiger partial charge in [0.2, 0.25) is 5.91 Å². The van der Waals surface area contributed by atoms with E-state index in [1.807, 2.05) is 38.1 Å². The summed E-state index contributed by atoms with van der Waals surface area (Å²) >= 11 is 0. The highest BCUT2D eigenvalue weighted by molar-refractivity contribution is 5.93. The molecule has 2 aromatic rings. The van der Waals surface area contributed by atoms with Gasteiger partial charge in [-0.1, -0.05) is 24.3 Å². The number of hydrogen-bond donors (Lipinski definition) is 2. The second-order valence-electron chi connectivity index (χ2n) is 5.66. The lowest BCUT2D eigenvalue weighted by atomic mass is 9.95. The summed E-state index contributed by atoms with van der Waals surface area (Å²) in [6.45, 7) is 5.57. The number of benzene rings is 2. The van der Waals surface area contributed by atoms with E-state index in [4.69, 9.17) is 0 Å². The van der Waals surface area contributed by atoms with Crippen LogP contribution in [0, 0.1) is 13.8 Å². The molecule has 2 aromatic carbocycles. The van der Waals surface area contributed by atoms with Gasteiger partial charge in [0, 0.05) is 24.4 Å². The second-order valence-corrected chi connectivity index (χ2v) is 5.66. The van der Waals surface area contributed by atoms with Crippen LogP contribution in [0.2, 0.25) is 0 Å². The highest BCUT2D eigenvalue weighted by atomic mass is 16.1.